The molecule has 0 spiro atoms. The summed E-state index contributed by atoms with van der Waals surface area (Å²) in [6, 6.07) is 6.14. The van der Waals surface area contributed by atoms with Crippen molar-refractivity contribution in [2.24, 2.45) is 4.99 Å². The van der Waals surface area contributed by atoms with Gasteiger partial charge >= 0.3 is 0 Å². The predicted octanol–water partition coefficient (Wildman–Crippen LogP) is 1.60. The third-order valence-electron chi connectivity index (χ3n) is 3.52. The van der Waals surface area contributed by atoms with Gasteiger partial charge in [-0.15, -0.1) is 0 Å². The molecule has 7 heteroatoms. The minimum absolute atomic E-state index is 0.0383. The fourth-order valence-corrected chi connectivity index (χ4v) is 2.24. The van der Waals surface area contributed by atoms with Crippen LogP contribution in [0.4, 0.5) is 0 Å². The number of benzene rings is 1. The van der Waals surface area contributed by atoms with E-state index in [0.717, 1.165) is 29.8 Å². The lowest BCUT2D eigenvalue weighted by molar-refractivity contribution is -0.118. The average Bonchev–Trinajstić information content (AvgIpc) is 2.61. The number of amides is 1. The van der Waals surface area contributed by atoms with Crippen molar-refractivity contribution in [1.82, 2.24) is 16.0 Å². The molecule has 0 aliphatic rings. The molecule has 3 N–H and O–H groups in total. The molecule has 0 unspecified atom stereocenters. The molecule has 0 aromatic heterocycles. The Kier molecular flexibility index (Phi) is 10.9. The summed E-state index contributed by atoms with van der Waals surface area (Å²) in [5.41, 5.74) is 2.19. The lowest BCUT2D eigenvalue weighted by Crippen LogP contribution is -2.41. The van der Waals surface area contributed by atoms with Gasteiger partial charge in [0.05, 0.1) is 13.2 Å². The summed E-state index contributed by atoms with van der Waals surface area (Å²) in [6.07, 6.45) is 0.848. The molecule has 0 radical (unpaired) electrons. The number of carbonyl (C=O) groups is 1. The molecular formula is C19H32N4O3. The first-order valence-corrected chi connectivity index (χ1v) is 9.04. The van der Waals surface area contributed by atoms with E-state index in [1.54, 1.807) is 7.11 Å². The molecule has 0 aliphatic carbocycles. The molecule has 1 aromatic rings. The van der Waals surface area contributed by atoms with E-state index in [-0.39, 0.29) is 5.91 Å². The molecule has 0 bridgehead atoms. The van der Waals surface area contributed by atoms with Crippen molar-refractivity contribution in [2.45, 2.75) is 33.7 Å². The number of hydrogen-bond acceptors (Lipinski definition) is 4. The van der Waals surface area contributed by atoms with Crippen molar-refractivity contribution in [3.8, 4) is 5.75 Å². The van der Waals surface area contributed by atoms with Gasteiger partial charge in [-0.25, -0.2) is 4.99 Å². The number of ether oxygens (including phenoxy) is 2. The largest absolute Gasteiger partial charge is 0.493 e. The first kappa shape index (κ1) is 21.8. The topological polar surface area (TPSA) is 84.0 Å². The van der Waals surface area contributed by atoms with Crippen molar-refractivity contribution in [3.63, 3.8) is 0 Å². The van der Waals surface area contributed by atoms with E-state index in [2.05, 4.69) is 27.0 Å². The van der Waals surface area contributed by atoms with Crippen molar-refractivity contribution in [2.75, 3.05) is 40.0 Å². The monoisotopic (exact) mass is 364 g/mol. The summed E-state index contributed by atoms with van der Waals surface area (Å²) < 4.78 is 11.0. The summed E-state index contributed by atoms with van der Waals surface area (Å²) in [6.45, 7) is 9.30. The molecular weight excluding hydrogens is 332 g/mol. The zero-order valence-electron chi connectivity index (χ0n) is 16.4. The van der Waals surface area contributed by atoms with Gasteiger partial charge in [-0.3, -0.25) is 4.79 Å². The predicted molar refractivity (Wildman–Crippen MR) is 105 cm³/mol. The van der Waals surface area contributed by atoms with Gasteiger partial charge < -0.3 is 25.4 Å². The molecule has 1 aromatic carbocycles. The zero-order valence-corrected chi connectivity index (χ0v) is 16.4. The Bertz CT molecular complexity index is 576. The SMILES string of the molecule is CCNC(=NCc1ccc(C)cc1OCCCOC)NCCNC(C)=O. The third-order valence-corrected chi connectivity index (χ3v) is 3.52. The van der Waals surface area contributed by atoms with Crippen LogP contribution in [0.1, 0.15) is 31.4 Å². The van der Waals surface area contributed by atoms with Crippen LogP contribution < -0.4 is 20.7 Å². The standard InChI is InChI=1S/C19H32N4O3/c1-5-20-19(22-10-9-21-16(3)24)23-14-17-8-7-15(2)13-18(17)26-12-6-11-25-4/h7-8,13H,5-6,9-12,14H2,1-4H3,(H,21,24)(H2,20,22,23). The van der Waals surface area contributed by atoms with Crippen molar-refractivity contribution >= 4 is 11.9 Å². The molecule has 146 valence electrons. The molecule has 26 heavy (non-hydrogen) atoms. The van der Waals surface area contributed by atoms with E-state index in [1.807, 2.05) is 26.0 Å². The summed E-state index contributed by atoms with van der Waals surface area (Å²) >= 11 is 0. The summed E-state index contributed by atoms with van der Waals surface area (Å²) in [4.78, 5) is 15.5. The van der Waals surface area contributed by atoms with Gasteiger partial charge in [-0.2, -0.15) is 0 Å². The van der Waals surface area contributed by atoms with Gasteiger partial charge in [0.2, 0.25) is 5.91 Å². The minimum Gasteiger partial charge on any atom is -0.493 e. The highest BCUT2D eigenvalue weighted by atomic mass is 16.5. The number of guanidine groups is 1. The fraction of sp³-hybridized carbons (Fsp3) is 0.579. The van der Waals surface area contributed by atoms with Crippen LogP contribution >= 0.6 is 0 Å². The molecule has 0 saturated carbocycles. The Morgan fingerprint density at radius 3 is 2.62 bits per heavy atom. The van der Waals surface area contributed by atoms with Crippen LogP contribution in [0.5, 0.6) is 5.75 Å². The van der Waals surface area contributed by atoms with Crippen LogP contribution in [0.25, 0.3) is 0 Å². The first-order chi connectivity index (χ1) is 12.6. The molecule has 7 nitrogen and oxygen atoms in total. The molecule has 1 amide bonds. The van der Waals surface area contributed by atoms with Gasteiger partial charge in [0, 0.05) is 52.3 Å². The number of nitrogens with one attached hydrogen (secondary N) is 3. The summed E-state index contributed by atoms with van der Waals surface area (Å²) in [5.74, 6) is 1.53. The summed E-state index contributed by atoms with van der Waals surface area (Å²) in [5, 5.41) is 9.16. The lowest BCUT2D eigenvalue weighted by atomic mass is 10.1. The Hall–Kier alpha value is -2.28. The summed E-state index contributed by atoms with van der Waals surface area (Å²) in [7, 11) is 1.69. The van der Waals surface area contributed by atoms with Crippen molar-refractivity contribution < 1.29 is 14.3 Å². The number of carbonyl (C=O) groups excluding carboxylic acids is 1. The normalized spacial score (nSPS) is 11.2. The molecule has 0 saturated heterocycles. The van der Waals surface area contributed by atoms with Gasteiger partial charge in [-0.05, 0) is 25.5 Å². The van der Waals surface area contributed by atoms with Gasteiger partial charge in [0.15, 0.2) is 5.96 Å². The first-order valence-electron chi connectivity index (χ1n) is 9.04. The second kappa shape index (κ2) is 13.0. The Morgan fingerprint density at radius 2 is 1.92 bits per heavy atom. The number of aliphatic imine (C=N–C) groups is 1. The van der Waals surface area contributed by atoms with E-state index < -0.39 is 0 Å². The average molecular weight is 364 g/mol. The van der Waals surface area contributed by atoms with Crippen LogP contribution in [0.3, 0.4) is 0 Å². The number of aryl methyl sites for hydroxylation is 1. The number of hydrogen-bond donors (Lipinski definition) is 3. The van der Waals surface area contributed by atoms with E-state index in [9.17, 15) is 4.79 Å². The minimum atomic E-state index is -0.0383. The van der Waals surface area contributed by atoms with Gasteiger partial charge in [-0.1, -0.05) is 12.1 Å². The zero-order chi connectivity index (χ0) is 19.2. The molecule has 0 atom stereocenters. The smallest absolute Gasteiger partial charge is 0.216 e. The Morgan fingerprint density at radius 1 is 1.15 bits per heavy atom. The maximum atomic E-state index is 10.9. The maximum absolute atomic E-state index is 10.9. The van der Waals surface area contributed by atoms with Crippen LogP contribution in [0.15, 0.2) is 23.2 Å². The van der Waals surface area contributed by atoms with E-state index in [4.69, 9.17) is 9.47 Å². The molecule has 0 aliphatic heterocycles. The van der Waals surface area contributed by atoms with E-state index in [0.29, 0.717) is 38.8 Å². The molecule has 1 rings (SSSR count). The van der Waals surface area contributed by atoms with Gasteiger partial charge in [0.25, 0.3) is 0 Å². The lowest BCUT2D eigenvalue weighted by Gasteiger charge is -2.14. The van der Waals surface area contributed by atoms with Gasteiger partial charge in [0.1, 0.15) is 5.75 Å². The quantitative estimate of drug-likeness (QED) is 0.316. The second-order valence-electron chi connectivity index (χ2n) is 5.91. The van der Waals surface area contributed by atoms with E-state index >= 15 is 0 Å². The number of methoxy groups -OCH3 is 1. The van der Waals surface area contributed by atoms with Crippen LogP contribution in [-0.4, -0.2) is 51.8 Å². The van der Waals surface area contributed by atoms with E-state index in [1.165, 1.54) is 6.92 Å². The highest BCUT2D eigenvalue weighted by molar-refractivity contribution is 5.80. The van der Waals surface area contributed by atoms with Crippen molar-refractivity contribution in [3.05, 3.63) is 29.3 Å². The number of nitrogens with zero attached hydrogens (tertiary/aromatic N) is 1. The second-order valence-corrected chi connectivity index (χ2v) is 5.91. The Balaban J connectivity index is 2.66. The molecule has 0 fully saturated rings. The van der Waals surface area contributed by atoms with Crippen LogP contribution in [0, 0.1) is 6.92 Å². The maximum Gasteiger partial charge on any atom is 0.216 e. The van der Waals surface area contributed by atoms with Crippen LogP contribution in [-0.2, 0) is 16.1 Å². The fourth-order valence-electron chi connectivity index (χ4n) is 2.24. The highest BCUT2D eigenvalue weighted by Crippen LogP contribution is 2.21. The Labute approximate surface area is 156 Å². The molecule has 0 heterocycles. The number of rotatable bonds is 11. The highest BCUT2D eigenvalue weighted by Gasteiger charge is 2.05. The van der Waals surface area contributed by atoms with Crippen LogP contribution in [0.2, 0.25) is 0 Å². The third kappa shape index (κ3) is 9.27. The van der Waals surface area contributed by atoms with Crippen molar-refractivity contribution in [1.29, 1.82) is 0 Å².